The van der Waals surface area contributed by atoms with Crippen molar-refractivity contribution in [3.63, 3.8) is 0 Å². The van der Waals surface area contributed by atoms with Crippen molar-refractivity contribution in [3.8, 4) is 5.75 Å². The van der Waals surface area contributed by atoms with E-state index >= 15 is 0 Å². The van der Waals surface area contributed by atoms with Gasteiger partial charge in [-0.2, -0.15) is 0 Å². The number of likely N-dealkylation sites (tertiary alicyclic amines) is 1. The summed E-state index contributed by atoms with van der Waals surface area (Å²) in [6, 6.07) is 6.16. The number of hydrogen-bond acceptors (Lipinski definition) is 4. The summed E-state index contributed by atoms with van der Waals surface area (Å²) < 4.78 is 11.1. The Morgan fingerprint density at radius 1 is 1.48 bits per heavy atom. The fourth-order valence-electron chi connectivity index (χ4n) is 3.95. The third kappa shape index (κ3) is 3.66. The van der Waals surface area contributed by atoms with Gasteiger partial charge >= 0.3 is 0 Å². The summed E-state index contributed by atoms with van der Waals surface area (Å²) in [4.78, 5) is 2.46. The number of rotatable bonds is 4. The smallest absolute Gasteiger partial charge is 0.124 e. The molecule has 3 atom stereocenters. The summed E-state index contributed by atoms with van der Waals surface area (Å²) in [5, 5.41) is 11.5. The minimum Gasteiger partial charge on any atom is -0.496 e. The second-order valence-corrected chi connectivity index (χ2v) is 7.36. The Hall–Kier alpha value is -0.810. The van der Waals surface area contributed by atoms with Crippen molar-refractivity contribution in [3.05, 3.63) is 28.8 Å². The van der Waals surface area contributed by atoms with Crippen LogP contribution in [0.4, 0.5) is 0 Å². The molecular formula is C18H26ClNO3. The molecular weight excluding hydrogens is 314 g/mol. The molecule has 0 amide bonds. The van der Waals surface area contributed by atoms with Crippen LogP contribution >= 0.6 is 11.6 Å². The Morgan fingerprint density at radius 2 is 2.30 bits per heavy atom. The van der Waals surface area contributed by atoms with E-state index in [1.807, 2.05) is 25.1 Å². The van der Waals surface area contributed by atoms with E-state index in [2.05, 4.69) is 4.90 Å². The molecule has 2 aliphatic rings. The third-order valence-electron chi connectivity index (χ3n) is 5.35. The molecule has 5 heteroatoms. The van der Waals surface area contributed by atoms with Gasteiger partial charge in [0.25, 0.3) is 0 Å². The van der Waals surface area contributed by atoms with Crippen molar-refractivity contribution < 1.29 is 14.6 Å². The molecule has 23 heavy (non-hydrogen) atoms. The number of aliphatic hydroxyl groups is 1. The Morgan fingerprint density at radius 3 is 3.04 bits per heavy atom. The maximum Gasteiger partial charge on any atom is 0.124 e. The average molecular weight is 340 g/mol. The molecule has 0 aromatic heterocycles. The van der Waals surface area contributed by atoms with Crippen LogP contribution in [0.2, 0.25) is 5.02 Å². The lowest BCUT2D eigenvalue weighted by Gasteiger charge is -2.43. The van der Waals surface area contributed by atoms with Crippen molar-refractivity contribution in [1.82, 2.24) is 4.90 Å². The number of hydrogen-bond donors (Lipinski definition) is 1. The Balaban J connectivity index is 1.77. The molecule has 0 unspecified atom stereocenters. The number of benzene rings is 1. The molecule has 2 heterocycles. The van der Waals surface area contributed by atoms with E-state index in [0.717, 1.165) is 37.2 Å². The molecule has 1 aromatic rings. The van der Waals surface area contributed by atoms with Gasteiger partial charge in [-0.05, 0) is 44.9 Å². The monoisotopic (exact) mass is 339 g/mol. The van der Waals surface area contributed by atoms with Crippen LogP contribution in [0.3, 0.4) is 0 Å². The second-order valence-electron chi connectivity index (χ2n) is 6.92. The normalized spacial score (nSPS) is 32.2. The summed E-state index contributed by atoms with van der Waals surface area (Å²) >= 11 is 6.06. The minimum absolute atomic E-state index is 0.164. The summed E-state index contributed by atoms with van der Waals surface area (Å²) in [5.41, 5.74) is 0.496. The Labute approximate surface area is 143 Å². The number of nitrogens with zero attached hydrogens (tertiary/aromatic N) is 1. The highest BCUT2D eigenvalue weighted by atomic mass is 35.5. The standard InChI is InChI=1S/C18H26ClNO3/c1-18(21)7-9-23-12-15(18)16-4-3-8-20(16)11-13-5-6-14(19)10-17(13)22-2/h5-6,10,15-16,21H,3-4,7-9,11-12H2,1-2H3/t15-,16-,18+/m1/s1. The number of methoxy groups -OCH3 is 1. The van der Waals surface area contributed by atoms with E-state index in [1.54, 1.807) is 7.11 Å². The predicted molar refractivity (Wildman–Crippen MR) is 91.0 cm³/mol. The summed E-state index contributed by atoms with van der Waals surface area (Å²) in [6.45, 7) is 5.12. The van der Waals surface area contributed by atoms with E-state index in [-0.39, 0.29) is 5.92 Å². The van der Waals surface area contributed by atoms with Gasteiger partial charge in [0, 0.05) is 35.7 Å². The topological polar surface area (TPSA) is 41.9 Å². The van der Waals surface area contributed by atoms with Crippen LogP contribution in [-0.4, -0.2) is 48.5 Å². The predicted octanol–water partition coefficient (Wildman–Crippen LogP) is 3.10. The molecule has 2 aliphatic heterocycles. The van der Waals surface area contributed by atoms with Crippen LogP contribution in [0.15, 0.2) is 18.2 Å². The van der Waals surface area contributed by atoms with E-state index in [1.165, 1.54) is 0 Å². The summed E-state index contributed by atoms with van der Waals surface area (Å²) in [7, 11) is 1.68. The quantitative estimate of drug-likeness (QED) is 0.915. The van der Waals surface area contributed by atoms with Crippen LogP contribution in [0.25, 0.3) is 0 Å². The van der Waals surface area contributed by atoms with E-state index in [9.17, 15) is 5.11 Å². The molecule has 0 saturated carbocycles. The molecule has 0 bridgehead atoms. The molecule has 128 valence electrons. The first-order valence-electron chi connectivity index (χ1n) is 8.38. The van der Waals surface area contributed by atoms with Crippen LogP contribution in [0, 0.1) is 5.92 Å². The first kappa shape index (κ1) is 17.0. The lowest BCUT2D eigenvalue weighted by atomic mass is 9.79. The van der Waals surface area contributed by atoms with Gasteiger partial charge in [-0.15, -0.1) is 0 Å². The minimum atomic E-state index is -0.643. The molecule has 2 saturated heterocycles. The van der Waals surface area contributed by atoms with Crippen LogP contribution < -0.4 is 4.74 Å². The van der Waals surface area contributed by atoms with Crippen molar-refractivity contribution in [2.75, 3.05) is 26.9 Å². The van der Waals surface area contributed by atoms with Gasteiger partial charge in [-0.25, -0.2) is 0 Å². The molecule has 1 aromatic carbocycles. The fourth-order valence-corrected chi connectivity index (χ4v) is 4.11. The van der Waals surface area contributed by atoms with E-state index < -0.39 is 5.60 Å². The van der Waals surface area contributed by atoms with Crippen molar-refractivity contribution in [2.45, 2.75) is 44.4 Å². The highest BCUT2D eigenvalue weighted by Gasteiger charge is 2.44. The number of ether oxygens (including phenoxy) is 2. The first-order chi connectivity index (χ1) is 11.0. The Bertz CT molecular complexity index is 549. The lowest BCUT2D eigenvalue weighted by Crippen LogP contribution is -2.52. The highest BCUT2D eigenvalue weighted by Crippen LogP contribution is 2.37. The Kier molecular flexibility index (Phi) is 5.16. The number of halogens is 1. The van der Waals surface area contributed by atoms with Crippen LogP contribution in [0.1, 0.15) is 31.7 Å². The molecule has 1 N–H and O–H groups in total. The van der Waals surface area contributed by atoms with Gasteiger partial charge in [0.15, 0.2) is 0 Å². The largest absolute Gasteiger partial charge is 0.496 e. The fraction of sp³-hybridized carbons (Fsp3) is 0.667. The average Bonchev–Trinajstić information content (AvgIpc) is 2.96. The maximum absolute atomic E-state index is 10.8. The van der Waals surface area contributed by atoms with Gasteiger partial charge in [0.1, 0.15) is 5.75 Å². The van der Waals surface area contributed by atoms with Crippen molar-refractivity contribution in [2.24, 2.45) is 5.92 Å². The van der Waals surface area contributed by atoms with E-state index in [4.69, 9.17) is 21.1 Å². The molecule has 2 fully saturated rings. The zero-order chi connectivity index (χ0) is 16.4. The molecule has 0 aliphatic carbocycles. The lowest BCUT2D eigenvalue weighted by molar-refractivity contribution is -0.123. The van der Waals surface area contributed by atoms with Crippen LogP contribution in [-0.2, 0) is 11.3 Å². The molecule has 0 radical (unpaired) electrons. The van der Waals surface area contributed by atoms with Crippen LogP contribution in [0.5, 0.6) is 5.75 Å². The summed E-state index contributed by atoms with van der Waals surface area (Å²) in [5.74, 6) is 0.992. The van der Waals surface area contributed by atoms with Gasteiger partial charge in [0.05, 0.1) is 19.3 Å². The molecule has 0 spiro atoms. The highest BCUT2D eigenvalue weighted by molar-refractivity contribution is 6.30. The second kappa shape index (κ2) is 6.98. The first-order valence-corrected chi connectivity index (χ1v) is 8.75. The van der Waals surface area contributed by atoms with Gasteiger partial charge in [-0.1, -0.05) is 17.7 Å². The van der Waals surface area contributed by atoms with Gasteiger partial charge in [0.2, 0.25) is 0 Å². The van der Waals surface area contributed by atoms with Crippen molar-refractivity contribution in [1.29, 1.82) is 0 Å². The van der Waals surface area contributed by atoms with Gasteiger partial charge in [-0.3, -0.25) is 4.90 Å². The molecule has 4 nitrogen and oxygen atoms in total. The molecule has 3 rings (SSSR count). The van der Waals surface area contributed by atoms with E-state index in [0.29, 0.717) is 30.7 Å². The summed E-state index contributed by atoms with van der Waals surface area (Å²) in [6.07, 6.45) is 2.99. The van der Waals surface area contributed by atoms with Gasteiger partial charge < -0.3 is 14.6 Å². The zero-order valence-electron chi connectivity index (χ0n) is 13.9. The SMILES string of the molecule is COc1cc(Cl)ccc1CN1CCC[C@@H]1[C@H]1COCC[C@]1(C)O. The maximum atomic E-state index is 10.8. The van der Waals surface area contributed by atoms with Crippen molar-refractivity contribution >= 4 is 11.6 Å². The third-order valence-corrected chi connectivity index (χ3v) is 5.59. The zero-order valence-corrected chi connectivity index (χ0v) is 14.7.